The van der Waals surface area contributed by atoms with Gasteiger partial charge in [-0.3, -0.25) is 0 Å². The summed E-state index contributed by atoms with van der Waals surface area (Å²) in [5.74, 6) is -0.912. The van der Waals surface area contributed by atoms with Crippen LogP contribution in [-0.4, -0.2) is 22.5 Å². The molecule has 28 heavy (non-hydrogen) atoms. The Hall–Kier alpha value is -1.78. The number of alkyl halides is 6. The zero-order chi connectivity index (χ0) is 21.7. The van der Waals surface area contributed by atoms with Gasteiger partial charge < -0.3 is 4.74 Å². The first-order valence-electron chi connectivity index (χ1n) is 7.05. The molecule has 0 radical (unpaired) electrons. The standard InChI is InChI=1S/C9H7ClF3NO2.C6H2Cl2F3N/c1-2-16-8(15)7-3-5(9(11,12)13)6(10)4-14-7;7-4-2-12-5(8)1-3(4)6(9,10)11/h3-4H,2H2,1H3;1-2H. The molecule has 0 amide bonds. The topological polar surface area (TPSA) is 52.1 Å². The number of carbonyl (C=O) groups excluding carboxylic acids is 1. The fourth-order valence-electron chi connectivity index (χ4n) is 1.60. The van der Waals surface area contributed by atoms with Crippen LogP contribution in [-0.2, 0) is 17.1 Å². The van der Waals surface area contributed by atoms with E-state index >= 15 is 0 Å². The molecule has 0 N–H and O–H groups in total. The molecule has 0 saturated heterocycles. The summed E-state index contributed by atoms with van der Waals surface area (Å²) in [7, 11) is 0. The van der Waals surface area contributed by atoms with E-state index in [0.29, 0.717) is 12.1 Å². The lowest BCUT2D eigenvalue weighted by Crippen LogP contribution is -2.12. The van der Waals surface area contributed by atoms with Gasteiger partial charge in [0.05, 0.1) is 27.8 Å². The summed E-state index contributed by atoms with van der Waals surface area (Å²) < 4.78 is 77.9. The summed E-state index contributed by atoms with van der Waals surface area (Å²) in [4.78, 5) is 18.0. The molecule has 0 unspecified atom stereocenters. The number of esters is 1. The van der Waals surface area contributed by atoms with Gasteiger partial charge in [-0.05, 0) is 19.1 Å². The van der Waals surface area contributed by atoms with Crippen molar-refractivity contribution in [2.24, 2.45) is 0 Å². The molecule has 0 saturated carbocycles. The van der Waals surface area contributed by atoms with Gasteiger partial charge in [0.1, 0.15) is 10.8 Å². The Morgan fingerprint density at radius 2 is 1.39 bits per heavy atom. The Morgan fingerprint density at radius 1 is 0.929 bits per heavy atom. The van der Waals surface area contributed by atoms with E-state index in [4.69, 9.17) is 34.8 Å². The van der Waals surface area contributed by atoms with E-state index in [2.05, 4.69) is 14.7 Å². The highest BCUT2D eigenvalue weighted by Crippen LogP contribution is 2.35. The number of aromatic nitrogens is 2. The molecule has 2 heterocycles. The fourth-order valence-corrected chi connectivity index (χ4v) is 2.18. The van der Waals surface area contributed by atoms with Gasteiger partial charge in [0.15, 0.2) is 0 Å². The maximum Gasteiger partial charge on any atom is 0.418 e. The summed E-state index contributed by atoms with van der Waals surface area (Å²) in [6.45, 7) is 1.60. The number of rotatable bonds is 2. The van der Waals surface area contributed by atoms with Crippen LogP contribution in [0.3, 0.4) is 0 Å². The molecule has 154 valence electrons. The number of hydrogen-bond donors (Lipinski definition) is 0. The van der Waals surface area contributed by atoms with Crippen LogP contribution in [0.2, 0.25) is 15.2 Å². The van der Waals surface area contributed by atoms with Crippen LogP contribution in [0.25, 0.3) is 0 Å². The molecule has 0 spiro atoms. The number of carbonyl (C=O) groups is 1. The van der Waals surface area contributed by atoms with Gasteiger partial charge in [0.25, 0.3) is 0 Å². The third-order valence-corrected chi connectivity index (χ3v) is 3.58. The zero-order valence-corrected chi connectivity index (χ0v) is 15.9. The molecule has 0 atom stereocenters. The summed E-state index contributed by atoms with van der Waals surface area (Å²) in [5, 5.41) is -1.24. The maximum absolute atomic E-state index is 12.4. The molecule has 0 aliphatic carbocycles. The highest BCUT2D eigenvalue weighted by atomic mass is 35.5. The minimum Gasteiger partial charge on any atom is -0.461 e. The second-order valence-electron chi connectivity index (χ2n) is 4.75. The normalized spacial score (nSPS) is 11.5. The van der Waals surface area contributed by atoms with Crippen molar-refractivity contribution in [1.82, 2.24) is 9.97 Å². The van der Waals surface area contributed by atoms with Crippen molar-refractivity contribution in [3.63, 3.8) is 0 Å². The minimum atomic E-state index is -4.62. The van der Waals surface area contributed by atoms with Crippen molar-refractivity contribution >= 4 is 40.8 Å². The number of pyridine rings is 2. The molecule has 0 aliphatic heterocycles. The van der Waals surface area contributed by atoms with Crippen molar-refractivity contribution in [2.45, 2.75) is 19.3 Å². The Bertz CT molecular complexity index is 844. The van der Waals surface area contributed by atoms with Crippen molar-refractivity contribution in [3.8, 4) is 0 Å². The predicted octanol–water partition coefficient (Wildman–Crippen LogP) is 6.34. The van der Waals surface area contributed by atoms with E-state index in [9.17, 15) is 31.1 Å². The van der Waals surface area contributed by atoms with Gasteiger partial charge in [0, 0.05) is 12.4 Å². The molecule has 2 aromatic heterocycles. The van der Waals surface area contributed by atoms with E-state index in [1.54, 1.807) is 6.92 Å². The average Bonchev–Trinajstić information content (AvgIpc) is 2.56. The third-order valence-electron chi connectivity index (χ3n) is 2.77. The van der Waals surface area contributed by atoms with Crippen LogP contribution in [0.1, 0.15) is 28.5 Å². The molecule has 0 bridgehead atoms. The number of ether oxygens (including phenoxy) is 1. The molecular weight excluding hydrogens is 461 g/mol. The highest BCUT2D eigenvalue weighted by Gasteiger charge is 2.35. The smallest absolute Gasteiger partial charge is 0.418 e. The minimum absolute atomic E-state index is 0.0600. The van der Waals surface area contributed by atoms with Crippen molar-refractivity contribution in [1.29, 1.82) is 0 Å². The molecular formula is C15H9Cl3F6N2O2. The SMILES string of the molecule is CCOC(=O)c1cc(C(F)(F)F)c(Cl)cn1.FC(F)(F)c1cc(Cl)ncc1Cl. The summed E-state index contributed by atoms with van der Waals surface area (Å²) in [5.41, 5.74) is -2.49. The molecule has 2 rings (SSSR count). The quantitative estimate of drug-likeness (QED) is 0.293. The largest absolute Gasteiger partial charge is 0.461 e. The molecule has 0 aromatic carbocycles. The second kappa shape index (κ2) is 9.62. The molecule has 0 fully saturated rings. The van der Waals surface area contributed by atoms with E-state index in [-0.39, 0.29) is 11.8 Å². The van der Waals surface area contributed by atoms with Gasteiger partial charge in [0.2, 0.25) is 0 Å². The Morgan fingerprint density at radius 3 is 1.82 bits per heavy atom. The first-order chi connectivity index (χ1) is 12.8. The predicted molar refractivity (Wildman–Crippen MR) is 89.5 cm³/mol. The monoisotopic (exact) mass is 468 g/mol. The van der Waals surface area contributed by atoms with E-state index in [0.717, 1.165) is 12.4 Å². The first kappa shape index (κ1) is 24.3. The Labute approximate surface area is 169 Å². The fraction of sp³-hybridized carbons (Fsp3) is 0.267. The average molecular weight is 470 g/mol. The van der Waals surface area contributed by atoms with E-state index < -0.39 is 45.2 Å². The first-order valence-corrected chi connectivity index (χ1v) is 8.18. The van der Waals surface area contributed by atoms with Gasteiger partial charge in [-0.2, -0.15) is 26.3 Å². The van der Waals surface area contributed by atoms with Crippen LogP contribution < -0.4 is 0 Å². The van der Waals surface area contributed by atoms with Gasteiger partial charge >= 0.3 is 18.3 Å². The number of nitrogens with zero attached hydrogens (tertiary/aromatic N) is 2. The van der Waals surface area contributed by atoms with Gasteiger partial charge in [-0.25, -0.2) is 14.8 Å². The Kier molecular flexibility index (Phi) is 8.33. The van der Waals surface area contributed by atoms with Crippen molar-refractivity contribution in [2.75, 3.05) is 6.61 Å². The lowest BCUT2D eigenvalue weighted by Gasteiger charge is -2.09. The molecule has 4 nitrogen and oxygen atoms in total. The second-order valence-corrected chi connectivity index (χ2v) is 5.95. The summed E-state index contributed by atoms with van der Waals surface area (Å²) in [6, 6.07) is 1.25. The molecule has 2 aromatic rings. The molecule has 13 heteroatoms. The van der Waals surface area contributed by atoms with Gasteiger partial charge in [-0.15, -0.1) is 0 Å². The van der Waals surface area contributed by atoms with Crippen LogP contribution in [0.4, 0.5) is 26.3 Å². The Balaban J connectivity index is 0.000000292. The lowest BCUT2D eigenvalue weighted by molar-refractivity contribution is -0.138. The van der Waals surface area contributed by atoms with Crippen LogP contribution in [0.15, 0.2) is 24.5 Å². The lowest BCUT2D eigenvalue weighted by atomic mass is 10.2. The summed E-state index contributed by atoms with van der Waals surface area (Å²) >= 11 is 15.8. The van der Waals surface area contributed by atoms with Crippen LogP contribution >= 0.6 is 34.8 Å². The van der Waals surface area contributed by atoms with Crippen LogP contribution in [0, 0.1) is 0 Å². The van der Waals surface area contributed by atoms with Crippen molar-refractivity contribution < 1.29 is 35.9 Å². The maximum atomic E-state index is 12.4. The number of hydrogen-bond acceptors (Lipinski definition) is 4. The van der Waals surface area contributed by atoms with Crippen LogP contribution in [0.5, 0.6) is 0 Å². The van der Waals surface area contributed by atoms with E-state index in [1.165, 1.54) is 0 Å². The third kappa shape index (κ3) is 6.99. The zero-order valence-electron chi connectivity index (χ0n) is 13.6. The summed E-state index contributed by atoms with van der Waals surface area (Å²) in [6.07, 6.45) is -7.46. The van der Waals surface area contributed by atoms with Gasteiger partial charge in [-0.1, -0.05) is 34.8 Å². The van der Waals surface area contributed by atoms with Crippen molar-refractivity contribution in [3.05, 3.63) is 56.5 Å². The number of halogens is 9. The van der Waals surface area contributed by atoms with E-state index in [1.807, 2.05) is 0 Å². The molecule has 0 aliphatic rings. The highest BCUT2D eigenvalue weighted by molar-refractivity contribution is 6.32.